The van der Waals surface area contributed by atoms with E-state index in [1.165, 1.54) is 0 Å². The summed E-state index contributed by atoms with van der Waals surface area (Å²) in [5, 5.41) is 8.57. The highest BCUT2D eigenvalue weighted by Crippen LogP contribution is 2.19. The molecule has 2 heterocycles. The second-order valence-electron chi connectivity index (χ2n) is 6.19. The molecule has 0 radical (unpaired) electrons. The molecule has 2 aliphatic rings. The van der Waals surface area contributed by atoms with Crippen molar-refractivity contribution in [2.24, 2.45) is 5.92 Å². The Morgan fingerprint density at radius 1 is 1.25 bits per heavy atom. The number of benzene rings is 1. The first-order valence-corrected chi connectivity index (χ1v) is 9.29. The van der Waals surface area contributed by atoms with E-state index in [-0.39, 0.29) is 36.1 Å². The van der Waals surface area contributed by atoms with Gasteiger partial charge in [0.15, 0.2) is 0 Å². The minimum atomic E-state index is -0.284. The van der Waals surface area contributed by atoms with Crippen molar-refractivity contribution in [2.45, 2.75) is 25.3 Å². The Labute approximate surface area is 145 Å². The van der Waals surface area contributed by atoms with Crippen molar-refractivity contribution in [3.05, 3.63) is 29.8 Å². The Balaban J connectivity index is 1.49. The van der Waals surface area contributed by atoms with Gasteiger partial charge in [0.1, 0.15) is 0 Å². The monoisotopic (exact) mass is 347 g/mol. The van der Waals surface area contributed by atoms with Crippen LogP contribution in [-0.4, -0.2) is 41.8 Å². The van der Waals surface area contributed by atoms with E-state index in [2.05, 4.69) is 16.0 Å². The molecule has 0 aromatic heterocycles. The first kappa shape index (κ1) is 17.0. The lowest BCUT2D eigenvalue weighted by Gasteiger charge is -2.22. The summed E-state index contributed by atoms with van der Waals surface area (Å²) >= 11 is 1.87. The minimum Gasteiger partial charge on any atom is -0.326 e. The molecule has 128 valence electrons. The van der Waals surface area contributed by atoms with Crippen molar-refractivity contribution < 1.29 is 14.4 Å². The second-order valence-corrected chi connectivity index (χ2v) is 7.34. The van der Waals surface area contributed by atoms with Gasteiger partial charge in [-0.1, -0.05) is 12.1 Å². The zero-order valence-electron chi connectivity index (χ0n) is 13.3. The van der Waals surface area contributed by atoms with Crippen LogP contribution in [0.4, 0.5) is 5.69 Å². The standard InChI is InChI=1S/C17H21N3O3S/c21-15-8-12(17(23)20-15)7-11-1-3-13(4-2-11)19-16(22)9-14-10-24-6-5-18-14/h1-4,12,14,18H,5-10H2,(H,19,22)(H,20,21,23). The lowest BCUT2D eigenvalue weighted by atomic mass is 9.98. The molecule has 6 nitrogen and oxygen atoms in total. The fourth-order valence-electron chi connectivity index (χ4n) is 2.97. The quantitative estimate of drug-likeness (QED) is 0.690. The Hall–Kier alpha value is -1.86. The molecule has 1 aromatic rings. The van der Waals surface area contributed by atoms with Crippen LogP contribution in [0.3, 0.4) is 0 Å². The Morgan fingerprint density at radius 2 is 2.04 bits per heavy atom. The summed E-state index contributed by atoms with van der Waals surface area (Å²) in [5.74, 6) is 1.38. The van der Waals surface area contributed by atoms with Crippen LogP contribution in [-0.2, 0) is 20.8 Å². The molecule has 3 amide bonds. The molecule has 2 saturated heterocycles. The van der Waals surface area contributed by atoms with Crippen LogP contribution in [0, 0.1) is 5.92 Å². The first-order chi connectivity index (χ1) is 11.6. The Bertz CT molecular complexity index is 626. The van der Waals surface area contributed by atoms with E-state index in [1.807, 2.05) is 36.0 Å². The molecule has 3 rings (SSSR count). The molecular formula is C17H21N3O3S. The predicted octanol–water partition coefficient (Wildman–Crippen LogP) is 0.925. The fourth-order valence-corrected chi connectivity index (χ4v) is 3.92. The summed E-state index contributed by atoms with van der Waals surface area (Å²) in [6.07, 6.45) is 1.26. The number of carbonyl (C=O) groups excluding carboxylic acids is 3. The summed E-state index contributed by atoms with van der Waals surface area (Å²) in [6.45, 7) is 0.953. The molecule has 0 spiro atoms. The lowest BCUT2D eigenvalue weighted by Crippen LogP contribution is -2.39. The molecule has 2 atom stereocenters. The zero-order valence-corrected chi connectivity index (χ0v) is 14.2. The first-order valence-electron chi connectivity index (χ1n) is 8.14. The minimum absolute atomic E-state index is 0.00326. The molecule has 7 heteroatoms. The molecule has 0 aliphatic carbocycles. The molecule has 0 bridgehead atoms. The van der Waals surface area contributed by atoms with Crippen molar-refractivity contribution in [1.29, 1.82) is 0 Å². The van der Waals surface area contributed by atoms with Gasteiger partial charge in [0.2, 0.25) is 17.7 Å². The summed E-state index contributed by atoms with van der Waals surface area (Å²) < 4.78 is 0. The van der Waals surface area contributed by atoms with E-state index in [4.69, 9.17) is 0 Å². The summed E-state index contributed by atoms with van der Waals surface area (Å²) in [5.41, 5.74) is 1.73. The van der Waals surface area contributed by atoms with Crippen molar-refractivity contribution in [2.75, 3.05) is 23.4 Å². The van der Waals surface area contributed by atoms with Crippen LogP contribution < -0.4 is 16.0 Å². The molecule has 2 aliphatic heterocycles. The van der Waals surface area contributed by atoms with Crippen LogP contribution >= 0.6 is 11.8 Å². The normalized spacial score (nSPS) is 23.8. The second kappa shape index (κ2) is 7.81. The smallest absolute Gasteiger partial charge is 0.230 e. The molecule has 2 fully saturated rings. The average Bonchev–Trinajstić information content (AvgIpc) is 2.87. The third-order valence-electron chi connectivity index (χ3n) is 4.22. The number of hydrogen-bond acceptors (Lipinski definition) is 5. The number of rotatable bonds is 5. The van der Waals surface area contributed by atoms with E-state index in [0.29, 0.717) is 12.8 Å². The van der Waals surface area contributed by atoms with Crippen LogP contribution in [0.15, 0.2) is 24.3 Å². The maximum atomic E-state index is 12.1. The van der Waals surface area contributed by atoms with Gasteiger partial charge in [-0.25, -0.2) is 0 Å². The van der Waals surface area contributed by atoms with E-state index in [1.54, 1.807) is 0 Å². The summed E-state index contributed by atoms with van der Waals surface area (Å²) in [6, 6.07) is 7.69. The van der Waals surface area contributed by atoms with Crippen LogP contribution in [0.5, 0.6) is 0 Å². The molecule has 1 aromatic carbocycles. The average molecular weight is 347 g/mol. The maximum Gasteiger partial charge on any atom is 0.230 e. The summed E-state index contributed by atoms with van der Waals surface area (Å²) in [4.78, 5) is 34.9. The fraction of sp³-hybridized carbons (Fsp3) is 0.471. The predicted molar refractivity (Wildman–Crippen MR) is 93.8 cm³/mol. The van der Waals surface area contributed by atoms with E-state index in [9.17, 15) is 14.4 Å². The molecular weight excluding hydrogens is 326 g/mol. The third kappa shape index (κ3) is 4.58. The van der Waals surface area contributed by atoms with Gasteiger partial charge in [-0.05, 0) is 24.1 Å². The number of imide groups is 1. The van der Waals surface area contributed by atoms with Gasteiger partial charge in [0.05, 0.1) is 5.92 Å². The van der Waals surface area contributed by atoms with Crippen LogP contribution in [0.1, 0.15) is 18.4 Å². The van der Waals surface area contributed by atoms with Crippen LogP contribution in [0.2, 0.25) is 0 Å². The number of amides is 3. The van der Waals surface area contributed by atoms with Gasteiger partial charge >= 0.3 is 0 Å². The summed E-state index contributed by atoms with van der Waals surface area (Å²) in [7, 11) is 0. The van der Waals surface area contributed by atoms with Gasteiger partial charge in [0.25, 0.3) is 0 Å². The highest BCUT2D eigenvalue weighted by atomic mass is 32.2. The van der Waals surface area contributed by atoms with E-state index in [0.717, 1.165) is 29.3 Å². The Morgan fingerprint density at radius 3 is 2.67 bits per heavy atom. The molecule has 24 heavy (non-hydrogen) atoms. The maximum absolute atomic E-state index is 12.1. The number of carbonyl (C=O) groups is 3. The van der Waals surface area contributed by atoms with Gasteiger partial charge in [0, 0.05) is 42.6 Å². The zero-order chi connectivity index (χ0) is 16.9. The molecule has 2 unspecified atom stereocenters. The highest BCUT2D eigenvalue weighted by Gasteiger charge is 2.30. The van der Waals surface area contributed by atoms with E-state index >= 15 is 0 Å². The number of anilines is 1. The van der Waals surface area contributed by atoms with Crippen LogP contribution in [0.25, 0.3) is 0 Å². The third-order valence-corrected chi connectivity index (χ3v) is 5.35. The lowest BCUT2D eigenvalue weighted by molar-refractivity contribution is -0.125. The largest absolute Gasteiger partial charge is 0.326 e. The van der Waals surface area contributed by atoms with Crippen molar-refractivity contribution in [3.63, 3.8) is 0 Å². The van der Waals surface area contributed by atoms with Gasteiger partial charge in [-0.2, -0.15) is 11.8 Å². The van der Waals surface area contributed by atoms with Crippen molar-refractivity contribution >= 4 is 35.2 Å². The SMILES string of the molecule is O=C1CC(Cc2ccc(NC(=O)CC3CSCCN3)cc2)C(=O)N1. The highest BCUT2D eigenvalue weighted by molar-refractivity contribution is 7.99. The number of nitrogens with one attached hydrogen (secondary N) is 3. The molecule has 3 N–H and O–H groups in total. The molecule has 0 saturated carbocycles. The topological polar surface area (TPSA) is 87.3 Å². The van der Waals surface area contributed by atoms with Crippen molar-refractivity contribution in [1.82, 2.24) is 10.6 Å². The number of hydrogen-bond donors (Lipinski definition) is 3. The van der Waals surface area contributed by atoms with Crippen molar-refractivity contribution in [3.8, 4) is 0 Å². The van der Waals surface area contributed by atoms with E-state index < -0.39 is 0 Å². The van der Waals surface area contributed by atoms with Gasteiger partial charge in [-0.3, -0.25) is 19.7 Å². The van der Waals surface area contributed by atoms with Gasteiger partial charge in [-0.15, -0.1) is 0 Å². The van der Waals surface area contributed by atoms with Gasteiger partial charge < -0.3 is 10.6 Å². The Kier molecular flexibility index (Phi) is 5.52. The number of thioether (sulfide) groups is 1.